The molecule has 3 rings (SSSR count). The zero-order chi connectivity index (χ0) is 19.6. The molecule has 2 aromatic rings. The first-order valence-electron chi connectivity index (χ1n) is 10.2. The number of aliphatic imine (C=N–C) groups is 1. The first-order chi connectivity index (χ1) is 13.7. The number of benzene rings is 2. The van der Waals surface area contributed by atoms with Crippen molar-refractivity contribution in [3.63, 3.8) is 0 Å². The van der Waals surface area contributed by atoms with Gasteiger partial charge >= 0.3 is 0 Å². The summed E-state index contributed by atoms with van der Waals surface area (Å²) in [5.41, 5.74) is 5.10. The van der Waals surface area contributed by atoms with Gasteiger partial charge in [-0.25, -0.2) is 4.99 Å². The van der Waals surface area contributed by atoms with E-state index >= 15 is 0 Å². The Kier molecular flexibility index (Phi) is 10.5. The number of halogens is 1. The molecule has 1 aliphatic heterocycles. The maximum absolute atomic E-state index is 5.42. The number of ether oxygens (including phenoxy) is 1. The number of rotatable bonds is 7. The Bertz CT molecular complexity index is 758. The largest absolute Gasteiger partial charge is 0.379 e. The van der Waals surface area contributed by atoms with Gasteiger partial charge in [-0.3, -0.25) is 4.90 Å². The van der Waals surface area contributed by atoms with Gasteiger partial charge in [0, 0.05) is 32.7 Å². The zero-order valence-corrected chi connectivity index (χ0v) is 19.8. The first-order valence-corrected chi connectivity index (χ1v) is 10.2. The second-order valence-electron chi connectivity index (χ2n) is 7.24. The smallest absolute Gasteiger partial charge is 0.191 e. The fourth-order valence-corrected chi connectivity index (χ4v) is 3.29. The minimum atomic E-state index is 0. The average Bonchev–Trinajstić information content (AvgIpc) is 2.72. The molecule has 6 heteroatoms. The maximum atomic E-state index is 5.42. The van der Waals surface area contributed by atoms with E-state index in [-0.39, 0.29) is 24.0 Å². The molecule has 0 radical (unpaired) electrons. The molecule has 0 aromatic heterocycles. The van der Waals surface area contributed by atoms with Crippen LogP contribution in [0.4, 0.5) is 0 Å². The van der Waals surface area contributed by atoms with Crippen LogP contribution < -0.4 is 10.6 Å². The summed E-state index contributed by atoms with van der Waals surface area (Å²) >= 11 is 0. The summed E-state index contributed by atoms with van der Waals surface area (Å²) in [7, 11) is 0. The molecule has 2 N–H and O–H groups in total. The fourth-order valence-electron chi connectivity index (χ4n) is 3.29. The Hall–Kier alpha value is -1.64. The van der Waals surface area contributed by atoms with Crippen LogP contribution in [-0.4, -0.2) is 43.7 Å². The highest BCUT2D eigenvalue weighted by atomic mass is 127. The van der Waals surface area contributed by atoms with Gasteiger partial charge in [0.05, 0.1) is 19.8 Å². The van der Waals surface area contributed by atoms with Crippen molar-refractivity contribution in [1.29, 1.82) is 0 Å². The van der Waals surface area contributed by atoms with Crippen LogP contribution in [-0.2, 0) is 24.4 Å². The summed E-state index contributed by atoms with van der Waals surface area (Å²) in [6.07, 6.45) is 0. The van der Waals surface area contributed by atoms with Crippen molar-refractivity contribution >= 4 is 29.9 Å². The highest BCUT2D eigenvalue weighted by Crippen LogP contribution is 2.09. The number of aryl methyl sites for hydroxylation is 1. The Balaban J connectivity index is 0.00000300. The Morgan fingerprint density at radius 1 is 1.00 bits per heavy atom. The fraction of sp³-hybridized carbons (Fsp3) is 0.435. The molecule has 0 saturated carbocycles. The quantitative estimate of drug-likeness (QED) is 0.340. The SMILES string of the molecule is CCNC(=NCc1cccc(C)c1)NCc1ccc(CN2CCOCC2)cc1.I. The van der Waals surface area contributed by atoms with Crippen LogP contribution in [0.15, 0.2) is 53.5 Å². The maximum Gasteiger partial charge on any atom is 0.191 e. The highest BCUT2D eigenvalue weighted by molar-refractivity contribution is 14.0. The molecule has 158 valence electrons. The van der Waals surface area contributed by atoms with Gasteiger partial charge in [-0.2, -0.15) is 0 Å². The molecule has 0 unspecified atom stereocenters. The van der Waals surface area contributed by atoms with Crippen molar-refractivity contribution in [1.82, 2.24) is 15.5 Å². The van der Waals surface area contributed by atoms with Gasteiger partial charge in [0.25, 0.3) is 0 Å². The molecule has 1 fully saturated rings. The lowest BCUT2D eigenvalue weighted by Crippen LogP contribution is -2.36. The molecule has 2 aromatic carbocycles. The lowest BCUT2D eigenvalue weighted by molar-refractivity contribution is 0.0342. The number of nitrogens with zero attached hydrogens (tertiary/aromatic N) is 2. The van der Waals surface area contributed by atoms with Crippen molar-refractivity contribution < 1.29 is 4.74 Å². The van der Waals surface area contributed by atoms with Crippen molar-refractivity contribution in [3.05, 3.63) is 70.8 Å². The third-order valence-corrected chi connectivity index (χ3v) is 4.84. The number of morpholine rings is 1. The predicted molar refractivity (Wildman–Crippen MR) is 131 cm³/mol. The van der Waals surface area contributed by atoms with Crippen molar-refractivity contribution in [3.8, 4) is 0 Å². The zero-order valence-electron chi connectivity index (χ0n) is 17.5. The van der Waals surface area contributed by atoms with Gasteiger partial charge in [-0.15, -0.1) is 24.0 Å². The summed E-state index contributed by atoms with van der Waals surface area (Å²) in [6.45, 7) is 11.2. The third-order valence-electron chi connectivity index (χ3n) is 4.84. The third kappa shape index (κ3) is 8.32. The summed E-state index contributed by atoms with van der Waals surface area (Å²) < 4.78 is 5.42. The topological polar surface area (TPSA) is 48.9 Å². The number of nitrogens with one attached hydrogen (secondary N) is 2. The minimum absolute atomic E-state index is 0. The average molecular weight is 508 g/mol. The van der Waals surface area contributed by atoms with Crippen LogP contribution in [0.2, 0.25) is 0 Å². The van der Waals surface area contributed by atoms with Crippen molar-refractivity contribution in [2.24, 2.45) is 4.99 Å². The molecule has 0 atom stereocenters. The monoisotopic (exact) mass is 508 g/mol. The van der Waals surface area contributed by atoms with E-state index in [1.54, 1.807) is 0 Å². The van der Waals surface area contributed by atoms with Gasteiger partial charge in [-0.1, -0.05) is 54.1 Å². The molecular formula is C23H33IN4O. The van der Waals surface area contributed by atoms with E-state index in [4.69, 9.17) is 9.73 Å². The van der Waals surface area contributed by atoms with E-state index < -0.39 is 0 Å². The summed E-state index contributed by atoms with van der Waals surface area (Å²) in [6, 6.07) is 17.3. The van der Waals surface area contributed by atoms with Gasteiger partial charge in [0.15, 0.2) is 5.96 Å². The lowest BCUT2D eigenvalue weighted by Gasteiger charge is -2.26. The first kappa shape index (κ1) is 23.6. The number of hydrogen-bond acceptors (Lipinski definition) is 3. The van der Waals surface area contributed by atoms with Crippen LogP contribution in [0.25, 0.3) is 0 Å². The molecule has 0 bridgehead atoms. The van der Waals surface area contributed by atoms with E-state index in [1.165, 1.54) is 22.3 Å². The van der Waals surface area contributed by atoms with Crippen LogP contribution in [0, 0.1) is 6.92 Å². The van der Waals surface area contributed by atoms with Crippen molar-refractivity contribution in [2.45, 2.75) is 33.5 Å². The van der Waals surface area contributed by atoms with Crippen molar-refractivity contribution in [2.75, 3.05) is 32.8 Å². The molecule has 1 heterocycles. The summed E-state index contributed by atoms with van der Waals surface area (Å²) in [5.74, 6) is 0.849. The summed E-state index contributed by atoms with van der Waals surface area (Å²) in [5, 5.41) is 6.76. The molecule has 5 nitrogen and oxygen atoms in total. The van der Waals surface area contributed by atoms with E-state index in [2.05, 4.69) is 77.9 Å². The molecule has 1 saturated heterocycles. The second kappa shape index (κ2) is 12.8. The van der Waals surface area contributed by atoms with Gasteiger partial charge in [0.2, 0.25) is 0 Å². The highest BCUT2D eigenvalue weighted by Gasteiger charge is 2.10. The second-order valence-corrected chi connectivity index (χ2v) is 7.24. The number of guanidine groups is 1. The van der Waals surface area contributed by atoms with E-state index in [1.807, 2.05) is 0 Å². The number of hydrogen-bond donors (Lipinski definition) is 2. The molecule has 0 amide bonds. The van der Waals surface area contributed by atoms with Gasteiger partial charge in [0.1, 0.15) is 0 Å². The minimum Gasteiger partial charge on any atom is -0.379 e. The Labute approximate surface area is 192 Å². The van der Waals surface area contributed by atoms with Crippen LogP contribution >= 0.6 is 24.0 Å². The molecular weight excluding hydrogens is 475 g/mol. The van der Waals surface area contributed by atoms with Gasteiger partial charge in [-0.05, 0) is 30.5 Å². The van der Waals surface area contributed by atoms with Crippen LogP contribution in [0.1, 0.15) is 29.2 Å². The normalized spacial score (nSPS) is 14.9. The standard InChI is InChI=1S/C23H32N4O.HI/c1-3-24-23(26-17-22-6-4-5-19(2)15-22)25-16-20-7-9-21(10-8-20)18-27-11-13-28-14-12-27;/h4-10,15H,3,11-14,16-18H2,1-2H3,(H2,24,25,26);1H. The van der Waals surface area contributed by atoms with Gasteiger partial charge < -0.3 is 15.4 Å². The lowest BCUT2D eigenvalue weighted by atomic mass is 10.1. The van der Waals surface area contributed by atoms with Crippen LogP contribution in [0.3, 0.4) is 0 Å². The summed E-state index contributed by atoms with van der Waals surface area (Å²) in [4.78, 5) is 7.15. The molecule has 0 spiro atoms. The molecule has 29 heavy (non-hydrogen) atoms. The molecule has 0 aliphatic carbocycles. The van der Waals surface area contributed by atoms with E-state index in [0.717, 1.165) is 51.9 Å². The van der Waals surface area contributed by atoms with E-state index in [0.29, 0.717) is 6.54 Å². The molecule has 1 aliphatic rings. The van der Waals surface area contributed by atoms with E-state index in [9.17, 15) is 0 Å². The Morgan fingerprint density at radius 3 is 2.41 bits per heavy atom. The Morgan fingerprint density at radius 2 is 1.72 bits per heavy atom. The predicted octanol–water partition coefficient (Wildman–Crippen LogP) is 3.70. The van der Waals surface area contributed by atoms with Crippen LogP contribution in [0.5, 0.6) is 0 Å².